The molecule has 13 heteroatoms. The molecule has 176 valence electrons. The van der Waals surface area contributed by atoms with Gasteiger partial charge in [0.15, 0.2) is 5.82 Å². The van der Waals surface area contributed by atoms with E-state index < -0.39 is 15.6 Å². The quantitative estimate of drug-likeness (QED) is 0.473. The molecule has 0 atom stereocenters. The molecule has 1 aromatic carbocycles. The molecule has 0 spiro atoms. The summed E-state index contributed by atoms with van der Waals surface area (Å²) in [5, 5.41) is 19.5. The van der Waals surface area contributed by atoms with Crippen molar-refractivity contribution in [3.63, 3.8) is 0 Å². The first-order valence-corrected chi connectivity index (χ1v) is 11.1. The molecule has 0 fully saturated rings. The van der Waals surface area contributed by atoms with Gasteiger partial charge in [0.05, 0.1) is 30.4 Å². The van der Waals surface area contributed by atoms with Crippen molar-refractivity contribution in [2.24, 2.45) is 12.0 Å². The number of benzene rings is 1. The van der Waals surface area contributed by atoms with Crippen LogP contribution in [-0.2, 0) is 17.1 Å². The predicted octanol–water partition coefficient (Wildman–Crippen LogP) is 1.63. The Bertz CT molecular complexity index is 1450. The maximum Gasteiger partial charge on any atom is 0.321 e. The summed E-state index contributed by atoms with van der Waals surface area (Å²) in [7, 11) is 0.0495. The maximum atomic E-state index is 12.7. The molecule has 0 radical (unpaired) electrons. The predicted molar refractivity (Wildman–Crippen MR) is 122 cm³/mol. The number of nitrogens with one attached hydrogen (secondary N) is 1. The van der Waals surface area contributed by atoms with E-state index in [0.29, 0.717) is 5.69 Å². The summed E-state index contributed by atoms with van der Waals surface area (Å²) in [5.74, 6) is -0.269. The van der Waals surface area contributed by atoms with Crippen molar-refractivity contribution in [2.45, 2.75) is 11.8 Å². The number of nitriles is 1. The summed E-state index contributed by atoms with van der Waals surface area (Å²) in [6.45, 7) is 1.53. The lowest BCUT2D eigenvalue weighted by Crippen LogP contribution is -2.22. The number of anilines is 1. The monoisotopic (exact) mass is 484 g/mol. The standard InChI is InChI=1S/C21H20N6O6S/c1-12-15(10-22)19(28)27(2)20(29)16(12)11-23-13-5-7-14(8-6-13)34(30,31)26-17-9-18(32-3)25-21(24-17)33-4/h5-9,11,29H,1-4H3,(H,24,25,26). The van der Waals surface area contributed by atoms with Crippen LogP contribution in [0.25, 0.3) is 0 Å². The van der Waals surface area contributed by atoms with Crippen LogP contribution in [0.2, 0.25) is 0 Å². The number of aromatic hydroxyl groups is 1. The van der Waals surface area contributed by atoms with Crippen LogP contribution < -0.4 is 19.8 Å². The van der Waals surface area contributed by atoms with Crippen LogP contribution in [0, 0.1) is 18.3 Å². The van der Waals surface area contributed by atoms with Crippen LogP contribution in [0.3, 0.4) is 0 Å². The first kappa shape index (κ1) is 24.2. The number of rotatable bonds is 7. The molecule has 0 bridgehead atoms. The third kappa shape index (κ3) is 4.81. The summed E-state index contributed by atoms with van der Waals surface area (Å²) >= 11 is 0. The smallest absolute Gasteiger partial charge is 0.321 e. The number of aromatic nitrogens is 3. The van der Waals surface area contributed by atoms with Crippen LogP contribution in [0.15, 0.2) is 45.0 Å². The Morgan fingerprint density at radius 3 is 2.47 bits per heavy atom. The van der Waals surface area contributed by atoms with Crippen molar-refractivity contribution in [3.05, 3.63) is 57.4 Å². The van der Waals surface area contributed by atoms with Gasteiger partial charge in [-0.1, -0.05) is 0 Å². The number of pyridine rings is 1. The van der Waals surface area contributed by atoms with E-state index in [-0.39, 0.29) is 45.2 Å². The molecular weight excluding hydrogens is 464 g/mol. The normalized spacial score (nSPS) is 11.3. The second-order valence-electron chi connectivity index (χ2n) is 6.85. The molecule has 0 unspecified atom stereocenters. The Kier molecular flexibility index (Phi) is 6.83. The molecule has 2 N–H and O–H groups in total. The van der Waals surface area contributed by atoms with E-state index in [9.17, 15) is 23.6 Å². The molecule has 3 aromatic rings. The average Bonchev–Trinajstić information content (AvgIpc) is 2.82. The van der Waals surface area contributed by atoms with E-state index >= 15 is 0 Å². The zero-order valence-electron chi connectivity index (χ0n) is 18.6. The van der Waals surface area contributed by atoms with Gasteiger partial charge in [-0.15, -0.1) is 0 Å². The summed E-state index contributed by atoms with van der Waals surface area (Å²) in [6.07, 6.45) is 1.30. The number of methoxy groups -OCH3 is 2. The van der Waals surface area contributed by atoms with E-state index in [1.807, 2.05) is 6.07 Å². The lowest BCUT2D eigenvalue weighted by Gasteiger charge is -2.10. The van der Waals surface area contributed by atoms with Crippen molar-refractivity contribution < 1.29 is 23.0 Å². The number of hydrogen-bond donors (Lipinski definition) is 2. The summed E-state index contributed by atoms with van der Waals surface area (Å²) in [4.78, 5) is 24.1. The molecule has 2 aromatic heterocycles. The topological polar surface area (TPSA) is 169 Å². The fourth-order valence-electron chi connectivity index (χ4n) is 2.89. The molecule has 0 saturated heterocycles. The Morgan fingerprint density at radius 2 is 1.88 bits per heavy atom. The molecule has 2 heterocycles. The number of ether oxygens (including phenoxy) is 2. The first-order valence-electron chi connectivity index (χ1n) is 9.58. The minimum Gasteiger partial charge on any atom is -0.494 e. The molecule has 0 aliphatic heterocycles. The zero-order chi connectivity index (χ0) is 25.0. The Morgan fingerprint density at radius 1 is 1.21 bits per heavy atom. The van der Waals surface area contributed by atoms with E-state index in [4.69, 9.17) is 9.47 Å². The van der Waals surface area contributed by atoms with Crippen LogP contribution in [0.4, 0.5) is 11.5 Å². The first-order chi connectivity index (χ1) is 16.1. The van der Waals surface area contributed by atoms with E-state index in [1.54, 1.807) is 0 Å². The lowest BCUT2D eigenvalue weighted by molar-refractivity contribution is 0.353. The highest BCUT2D eigenvalue weighted by molar-refractivity contribution is 7.92. The van der Waals surface area contributed by atoms with Gasteiger partial charge in [0.1, 0.15) is 11.6 Å². The SMILES string of the molecule is COc1cc(NS(=O)(=O)c2ccc(N=Cc3c(C)c(C#N)c(=O)n(C)c3O)cc2)nc(OC)n1. The summed E-state index contributed by atoms with van der Waals surface area (Å²) in [6, 6.07) is 8.62. The number of aliphatic imine (C=N–C) groups is 1. The van der Waals surface area contributed by atoms with Gasteiger partial charge in [0, 0.05) is 19.3 Å². The highest BCUT2D eigenvalue weighted by Gasteiger charge is 2.18. The van der Waals surface area contributed by atoms with Crippen LogP contribution in [-0.4, -0.2) is 48.5 Å². The highest BCUT2D eigenvalue weighted by atomic mass is 32.2. The lowest BCUT2D eigenvalue weighted by atomic mass is 10.1. The molecule has 0 aliphatic carbocycles. The van der Waals surface area contributed by atoms with Crippen LogP contribution >= 0.6 is 0 Å². The number of hydrogen-bond acceptors (Lipinski definition) is 10. The van der Waals surface area contributed by atoms with Gasteiger partial charge in [-0.05, 0) is 36.8 Å². The highest BCUT2D eigenvalue weighted by Crippen LogP contribution is 2.23. The van der Waals surface area contributed by atoms with Gasteiger partial charge in [0.25, 0.3) is 15.6 Å². The van der Waals surface area contributed by atoms with Gasteiger partial charge in [-0.2, -0.15) is 15.2 Å². The van der Waals surface area contributed by atoms with Crippen LogP contribution in [0.1, 0.15) is 16.7 Å². The summed E-state index contributed by atoms with van der Waals surface area (Å²) < 4.78 is 38.7. The average molecular weight is 484 g/mol. The molecule has 0 aliphatic rings. The van der Waals surface area contributed by atoms with Gasteiger partial charge in [0.2, 0.25) is 11.8 Å². The molecule has 12 nitrogen and oxygen atoms in total. The van der Waals surface area contributed by atoms with E-state index in [2.05, 4.69) is 19.7 Å². The third-order valence-electron chi connectivity index (χ3n) is 4.77. The molecule has 34 heavy (non-hydrogen) atoms. The van der Waals surface area contributed by atoms with Crippen molar-refractivity contribution in [1.29, 1.82) is 5.26 Å². The summed E-state index contributed by atoms with van der Waals surface area (Å²) in [5.41, 5.74) is 0.132. The minimum absolute atomic E-state index is 0.0419. The van der Waals surface area contributed by atoms with Gasteiger partial charge in [-0.3, -0.25) is 19.1 Å². The van der Waals surface area contributed by atoms with Crippen LogP contribution in [0.5, 0.6) is 17.8 Å². The van der Waals surface area contributed by atoms with Gasteiger partial charge < -0.3 is 14.6 Å². The zero-order valence-corrected chi connectivity index (χ0v) is 19.4. The fraction of sp³-hybridized carbons (Fsp3) is 0.190. The number of sulfonamides is 1. The van der Waals surface area contributed by atoms with Crippen molar-refractivity contribution in [1.82, 2.24) is 14.5 Å². The molecule has 3 rings (SSSR count). The molecule has 0 amide bonds. The Labute approximate surface area is 194 Å². The maximum absolute atomic E-state index is 12.7. The van der Waals surface area contributed by atoms with E-state index in [0.717, 1.165) is 4.57 Å². The fourth-order valence-corrected chi connectivity index (χ4v) is 3.88. The largest absolute Gasteiger partial charge is 0.494 e. The molecule has 0 saturated carbocycles. The van der Waals surface area contributed by atoms with Crippen molar-refractivity contribution >= 4 is 27.7 Å². The Balaban J connectivity index is 1.88. The minimum atomic E-state index is -4.00. The van der Waals surface area contributed by atoms with E-state index in [1.165, 1.54) is 64.7 Å². The number of nitrogens with zero attached hydrogens (tertiary/aromatic N) is 5. The van der Waals surface area contributed by atoms with Crippen molar-refractivity contribution in [3.8, 4) is 23.8 Å². The van der Waals surface area contributed by atoms with Gasteiger partial charge in [-0.25, -0.2) is 8.42 Å². The molecular formula is C21H20N6O6S. The Hall–Kier alpha value is -4.44. The second kappa shape index (κ2) is 9.59. The van der Waals surface area contributed by atoms with Crippen molar-refractivity contribution in [2.75, 3.05) is 18.9 Å². The second-order valence-corrected chi connectivity index (χ2v) is 8.54. The van der Waals surface area contributed by atoms with Gasteiger partial charge >= 0.3 is 6.01 Å². The third-order valence-corrected chi connectivity index (χ3v) is 6.14.